The molecule has 0 N–H and O–H groups in total. The minimum Gasteiger partial charge on any atom is -0.367 e. The summed E-state index contributed by atoms with van der Waals surface area (Å²) in [5.41, 5.74) is 2.23. The Kier molecular flexibility index (Phi) is 5.98. The molecular weight excluding hydrogens is 392 g/mol. The lowest BCUT2D eigenvalue weighted by atomic mass is 9.83. The average molecular weight is 425 g/mol. The van der Waals surface area contributed by atoms with Crippen LogP contribution in [0.5, 0.6) is 0 Å². The Bertz CT molecular complexity index is 984. The molecule has 8 heteroatoms. The van der Waals surface area contributed by atoms with Gasteiger partial charge in [0, 0.05) is 45.5 Å². The van der Waals surface area contributed by atoms with E-state index in [4.69, 9.17) is 0 Å². The largest absolute Gasteiger partial charge is 0.367 e. The monoisotopic (exact) mass is 424 g/mol. The molecule has 2 saturated heterocycles. The first kappa shape index (κ1) is 21.3. The van der Waals surface area contributed by atoms with Crippen LogP contribution >= 0.6 is 0 Å². The van der Waals surface area contributed by atoms with Crippen LogP contribution in [0.25, 0.3) is 0 Å². The summed E-state index contributed by atoms with van der Waals surface area (Å²) in [5.74, 6) is 0.751. The maximum absolute atomic E-state index is 12.9. The van der Waals surface area contributed by atoms with Gasteiger partial charge < -0.3 is 19.3 Å². The Hall–Kier alpha value is -2.90. The molecule has 2 aliphatic heterocycles. The fourth-order valence-corrected chi connectivity index (χ4v) is 4.31. The second-order valence-electron chi connectivity index (χ2n) is 9.34. The van der Waals surface area contributed by atoms with Crippen LogP contribution < -0.4 is 15.4 Å². The van der Waals surface area contributed by atoms with Gasteiger partial charge >= 0.3 is 0 Å². The number of carbonyl (C=O) groups excluding carboxylic acids is 1. The maximum atomic E-state index is 12.9. The molecule has 0 unspecified atom stereocenters. The highest BCUT2D eigenvalue weighted by Crippen LogP contribution is 2.31. The molecule has 4 rings (SSSR count). The number of amides is 1. The first-order chi connectivity index (χ1) is 14.8. The minimum atomic E-state index is -0.237. The molecule has 2 aromatic heterocycles. The Morgan fingerprint density at radius 2 is 1.74 bits per heavy atom. The number of hydrogen-bond donors (Lipinski definition) is 0. The fourth-order valence-electron chi connectivity index (χ4n) is 4.31. The van der Waals surface area contributed by atoms with Gasteiger partial charge in [0.25, 0.3) is 5.56 Å². The summed E-state index contributed by atoms with van der Waals surface area (Å²) in [4.78, 5) is 40.3. The van der Waals surface area contributed by atoms with Gasteiger partial charge in [0.15, 0.2) is 0 Å². The van der Waals surface area contributed by atoms with Crippen LogP contribution in [0.4, 0.5) is 11.5 Å². The van der Waals surface area contributed by atoms with E-state index in [0.717, 1.165) is 56.2 Å². The molecule has 4 heterocycles. The van der Waals surface area contributed by atoms with Crippen LogP contribution in [-0.2, 0) is 11.3 Å². The molecule has 0 bridgehead atoms. The number of piperidine rings is 1. The zero-order valence-electron chi connectivity index (χ0n) is 18.8. The third-order valence-corrected chi connectivity index (χ3v) is 6.56. The van der Waals surface area contributed by atoms with Gasteiger partial charge in [-0.1, -0.05) is 13.8 Å². The number of aromatic nitrogens is 3. The van der Waals surface area contributed by atoms with Crippen molar-refractivity contribution < 1.29 is 4.79 Å². The number of aryl methyl sites for hydroxylation is 1. The second-order valence-corrected chi connectivity index (χ2v) is 9.34. The molecular formula is C23H32N6O2. The molecule has 31 heavy (non-hydrogen) atoms. The Balaban J connectivity index is 1.38. The van der Waals surface area contributed by atoms with Crippen molar-refractivity contribution in [3.05, 3.63) is 46.8 Å². The molecule has 0 aliphatic carbocycles. The van der Waals surface area contributed by atoms with E-state index in [1.807, 2.05) is 17.9 Å². The van der Waals surface area contributed by atoms with Gasteiger partial charge in [-0.15, -0.1) is 0 Å². The van der Waals surface area contributed by atoms with E-state index in [1.54, 1.807) is 12.4 Å². The first-order valence-electron chi connectivity index (χ1n) is 11.1. The highest BCUT2D eigenvalue weighted by molar-refractivity contribution is 5.76. The van der Waals surface area contributed by atoms with E-state index >= 15 is 0 Å². The van der Waals surface area contributed by atoms with E-state index in [-0.39, 0.29) is 18.0 Å². The Morgan fingerprint density at radius 3 is 2.42 bits per heavy atom. The number of piperazine rings is 1. The van der Waals surface area contributed by atoms with E-state index in [1.165, 1.54) is 10.8 Å². The van der Waals surface area contributed by atoms with Crippen molar-refractivity contribution in [3.63, 3.8) is 0 Å². The standard InChI is InChI=1S/C23H32N6O2/c1-18-19(5-4-8-24-18)26-11-13-28(14-12-26)22(31)17-29-16-20(25-15-21(29)30)27-9-6-23(2,3)7-10-27/h4-5,8,15-16H,6-7,9-14,17H2,1-3H3. The van der Waals surface area contributed by atoms with E-state index < -0.39 is 0 Å². The number of nitrogens with zero attached hydrogens (tertiary/aromatic N) is 6. The predicted octanol–water partition coefficient (Wildman–Crippen LogP) is 1.92. The van der Waals surface area contributed by atoms with Crippen molar-refractivity contribution in [2.45, 2.75) is 40.2 Å². The van der Waals surface area contributed by atoms with Crippen molar-refractivity contribution in [1.82, 2.24) is 19.4 Å². The van der Waals surface area contributed by atoms with Crippen LogP contribution in [0.1, 0.15) is 32.4 Å². The summed E-state index contributed by atoms with van der Waals surface area (Å²) in [6.07, 6.45) is 7.06. The van der Waals surface area contributed by atoms with Crippen LogP contribution in [0, 0.1) is 12.3 Å². The Labute approximate surface area is 183 Å². The molecule has 2 fully saturated rings. The SMILES string of the molecule is Cc1ncccc1N1CCN(C(=O)Cn2cc(N3CCC(C)(C)CC3)ncc2=O)CC1. The molecule has 0 aromatic carbocycles. The molecule has 2 aliphatic rings. The smallest absolute Gasteiger partial charge is 0.269 e. The third-order valence-electron chi connectivity index (χ3n) is 6.56. The number of rotatable bonds is 4. The van der Waals surface area contributed by atoms with Crippen molar-refractivity contribution >= 4 is 17.4 Å². The van der Waals surface area contributed by atoms with Gasteiger partial charge in [-0.25, -0.2) is 4.98 Å². The van der Waals surface area contributed by atoms with Crippen molar-refractivity contribution in [2.75, 3.05) is 49.1 Å². The fraction of sp³-hybridized carbons (Fsp3) is 0.565. The molecule has 0 radical (unpaired) electrons. The van der Waals surface area contributed by atoms with Gasteiger partial charge in [-0.3, -0.25) is 14.6 Å². The lowest BCUT2D eigenvalue weighted by molar-refractivity contribution is -0.132. The van der Waals surface area contributed by atoms with Crippen LogP contribution in [0.3, 0.4) is 0 Å². The first-order valence-corrected chi connectivity index (χ1v) is 11.1. The number of hydrogen-bond acceptors (Lipinski definition) is 6. The van der Waals surface area contributed by atoms with Crippen molar-refractivity contribution in [3.8, 4) is 0 Å². The quantitative estimate of drug-likeness (QED) is 0.747. The number of pyridine rings is 1. The lowest BCUT2D eigenvalue weighted by Gasteiger charge is -2.37. The van der Waals surface area contributed by atoms with Gasteiger partial charge in [0.2, 0.25) is 5.91 Å². The topological polar surface area (TPSA) is 74.6 Å². The van der Waals surface area contributed by atoms with Crippen molar-refractivity contribution in [2.24, 2.45) is 5.41 Å². The molecule has 0 atom stereocenters. The molecule has 2 aromatic rings. The van der Waals surface area contributed by atoms with Crippen LogP contribution in [-0.4, -0.2) is 64.6 Å². The second kappa shape index (κ2) is 8.69. The molecule has 166 valence electrons. The number of anilines is 2. The van der Waals surface area contributed by atoms with E-state index in [9.17, 15) is 9.59 Å². The molecule has 8 nitrogen and oxygen atoms in total. The van der Waals surface area contributed by atoms with Crippen molar-refractivity contribution in [1.29, 1.82) is 0 Å². The van der Waals surface area contributed by atoms with Gasteiger partial charge in [-0.2, -0.15) is 0 Å². The maximum Gasteiger partial charge on any atom is 0.269 e. The van der Waals surface area contributed by atoms with Gasteiger partial charge in [0.05, 0.1) is 23.8 Å². The lowest BCUT2D eigenvalue weighted by Crippen LogP contribution is -2.50. The Morgan fingerprint density at radius 1 is 1.03 bits per heavy atom. The summed E-state index contributed by atoms with van der Waals surface area (Å²) in [6, 6.07) is 4.01. The minimum absolute atomic E-state index is 0.0263. The summed E-state index contributed by atoms with van der Waals surface area (Å²) >= 11 is 0. The zero-order chi connectivity index (χ0) is 22.0. The summed E-state index contributed by atoms with van der Waals surface area (Å²) in [6.45, 7) is 11.3. The average Bonchev–Trinajstić information content (AvgIpc) is 2.76. The van der Waals surface area contributed by atoms with Crippen LogP contribution in [0.2, 0.25) is 0 Å². The van der Waals surface area contributed by atoms with Gasteiger partial charge in [0.1, 0.15) is 12.4 Å². The highest BCUT2D eigenvalue weighted by atomic mass is 16.2. The van der Waals surface area contributed by atoms with E-state index in [0.29, 0.717) is 18.5 Å². The zero-order valence-corrected chi connectivity index (χ0v) is 18.8. The summed E-state index contributed by atoms with van der Waals surface area (Å²) in [5, 5.41) is 0. The van der Waals surface area contributed by atoms with Gasteiger partial charge in [-0.05, 0) is 37.3 Å². The normalized spacial score (nSPS) is 18.9. The molecule has 0 spiro atoms. The van der Waals surface area contributed by atoms with Crippen LogP contribution in [0.15, 0.2) is 35.5 Å². The third kappa shape index (κ3) is 4.89. The summed E-state index contributed by atoms with van der Waals surface area (Å²) < 4.78 is 1.50. The molecule has 1 amide bonds. The van der Waals surface area contributed by atoms with E-state index in [2.05, 4.69) is 39.7 Å². The highest BCUT2D eigenvalue weighted by Gasteiger charge is 2.27. The number of carbonyl (C=O) groups is 1. The predicted molar refractivity (Wildman–Crippen MR) is 121 cm³/mol. The summed E-state index contributed by atoms with van der Waals surface area (Å²) in [7, 11) is 0. The molecule has 0 saturated carbocycles.